The summed E-state index contributed by atoms with van der Waals surface area (Å²) in [6, 6.07) is 24.1. The van der Waals surface area contributed by atoms with Crippen molar-refractivity contribution in [1.82, 2.24) is 10.2 Å². The number of benzene rings is 3. The molecule has 1 aromatic heterocycles. The van der Waals surface area contributed by atoms with Crippen molar-refractivity contribution in [2.75, 3.05) is 21.7 Å². The Kier molecular flexibility index (Phi) is 7.86. The lowest BCUT2D eigenvalue weighted by atomic mass is 10.0. The van der Waals surface area contributed by atoms with E-state index >= 15 is 0 Å². The van der Waals surface area contributed by atoms with Crippen molar-refractivity contribution in [3.8, 4) is 11.1 Å². The van der Waals surface area contributed by atoms with Gasteiger partial charge in [0.25, 0.3) is 5.91 Å². The Morgan fingerprint density at radius 1 is 0.800 bits per heavy atom. The summed E-state index contributed by atoms with van der Waals surface area (Å²) in [6.45, 7) is 1.42. The van der Waals surface area contributed by atoms with E-state index in [1.165, 1.54) is 30.0 Å². The fourth-order valence-electron chi connectivity index (χ4n) is 3.13. The second-order valence-electron chi connectivity index (χ2n) is 7.37. The Morgan fingerprint density at radius 3 is 2.20 bits per heavy atom. The molecule has 0 spiro atoms. The van der Waals surface area contributed by atoms with Crippen molar-refractivity contribution in [3.63, 3.8) is 0 Å². The average molecular weight is 504 g/mol. The zero-order chi connectivity index (χ0) is 24.6. The summed E-state index contributed by atoms with van der Waals surface area (Å²) in [5.74, 6) is -0.579. The van der Waals surface area contributed by atoms with Gasteiger partial charge in [-0.05, 0) is 41.5 Å². The third-order valence-corrected chi connectivity index (χ3v) is 6.65. The number of carbonyl (C=O) groups excluding carboxylic acids is 3. The van der Waals surface area contributed by atoms with Gasteiger partial charge < -0.3 is 10.6 Å². The van der Waals surface area contributed by atoms with Gasteiger partial charge in [-0.15, -0.1) is 10.2 Å². The average Bonchev–Trinajstić information content (AvgIpc) is 3.30. The molecule has 0 aliphatic heterocycles. The molecular formula is C25H21N5O3S2. The van der Waals surface area contributed by atoms with E-state index < -0.39 is 0 Å². The topological polar surface area (TPSA) is 113 Å². The van der Waals surface area contributed by atoms with Gasteiger partial charge in [-0.2, -0.15) is 0 Å². The fourth-order valence-corrected chi connectivity index (χ4v) is 4.68. The first-order chi connectivity index (χ1) is 17.0. The standard InChI is InChI=1S/C25H21N5O3S2/c1-16(31)26-20-8-5-9-21(14-20)27-22(32)15-34-25-30-29-24(35-25)28-23(33)19-12-10-18(11-13-19)17-6-3-2-4-7-17/h2-14H,15H2,1H3,(H,26,31)(H,27,32)(H,28,29,33). The van der Waals surface area contributed by atoms with Gasteiger partial charge >= 0.3 is 0 Å². The number of carbonyl (C=O) groups is 3. The fraction of sp³-hybridized carbons (Fsp3) is 0.0800. The maximum Gasteiger partial charge on any atom is 0.257 e. The number of rotatable bonds is 8. The van der Waals surface area contributed by atoms with Crippen LogP contribution in [0.5, 0.6) is 0 Å². The molecular weight excluding hydrogens is 482 g/mol. The van der Waals surface area contributed by atoms with Crippen molar-refractivity contribution in [3.05, 3.63) is 84.4 Å². The van der Waals surface area contributed by atoms with Gasteiger partial charge in [0.2, 0.25) is 16.9 Å². The highest BCUT2D eigenvalue weighted by Crippen LogP contribution is 2.26. The Morgan fingerprint density at radius 2 is 1.49 bits per heavy atom. The van der Waals surface area contributed by atoms with E-state index in [0.717, 1.165) is 11.1 Å². The Bertz CT molecular complexity index is 1340. The summed E-state index contributed by atoms with van der Waals surface area (Å²) < 4.78 is 0.557. The first-order valence-corrected chi connectivity index (χ1v) is 12.4. The van der Waals surface area contributed by atoms with Gasteiger partial charge in [-0.3, -0.25) is 19.7 Å². The normalized spacial score (nSPS) is 10.4. The zero-order valence-corrected chi connectivity index (χ0v) is 20.3. The molecule has 0 aliphatic rings. The number of anilines is 3. The molecule has 10 heteroatoms. The summed E-state index contributed by atoms with van der Waals surface area (Å²) in [5, 5.41) is 16.6. The minimum atomic E-state index is -0.283. The number of aromatic nitrogens is 2. The number of hydrogen-bond acceptors (Lipinski definition) is 7. The quantitative estimate of drug-likeness (QED) is 0.226. The van der Waals surface area contributed by atoms with Crippen molar-refractivity contribution < 1.29 is 14.4 Å². The first kappa shape index (κ1) is 24.1. The van der Waals surface area contributed by atoms with Crippen molar-refractivity contribution in [1.29, 1.82) is 0 Å². The molecule has 1 heterocycles. The molecule has 8 nitrogen and oxygen atoms in total. The van der Waals surface area contributed by atoms with Gasteiger partial charge in [-0.1, -0.05) is 71.6 Å². The number of nitrogens with one attached hydrogen (secondary N) is 3. The maximum atomic E-state index is 12.6. The van der Waals surface area contributed by atoms with Crippen LogP contribution in [-0.2, 0) is 9.59 Å². The van der Waals surface area contributed by atoms with Crippen molar-refractivity contribution in [2.45, 2.75) is 11.3 Å². The van der Waals surface area contributed by atoms with E-state index in [1.54, 1.807) is 36.4 Å². The van der Waals surface area contributed by atoms with Crippen LogP contribution in [0.15, 0.2) is 83.2 Å². The predicted molar refractivity (Wildman–Crippen MR) is 140 cm³/mol. The van der Waals surface area contributed by atoms with E-state index in [9.17, 15) is 14.4 Å². The molecule has 0 saturated heterocycles. The third kappa shape index (κ3) is 6.98. The highest BCUT2D eigenvalue weighted by atomic mass is 32.2. The zero-order valence-electron chi connectivity index (χ0n) is 18.6. The number of hydrogen-bond donors (Lipinski definition) is 3. The summed E-state index contributed by atoms with van der Waals surface area (Å²) in [6.07, 6.45) is 0. The van der Waals surface area contributed by atoms with Crippen LogP contribution in [0.4, 0.5) is 16.5 Å². The van der Waals surface area contributed by atoms with Crippen LogP contribution >= 0.6 is 23.1 Å². The van der Waals surface area contributed by atoms with E-state index in [1.807, 2.05) is 42.5 Å². The van der Waals surface area contributed by atoms with Gasteiger partial charge in [0, 0.05) is 23.9 Å². The Hall–Kier alpha value is -4.02. The molecule has 4 aromatic rings. The van der Waals surface area contributed by atoms with E-state index in [2.05, 4.69) is 26.1 Å². The minimum Gasteiger partial charge on any atom is -0.326 e. The molecule has 0 unspecified atom stereocenters. The second-order valence-corrected chi connectivity index (χ2v) is 9.57. The molecule has 0 saturated carbocycles. The van der Waals surface area contributed by atoms with Crippen LogP contribution in [0.2, 0.25) is 0 Å². The molecule has 3 aromatic carbocycles. The molecule has 0 atom stereocenters. The molecule has 4 rings (SSSR count). The van der Waals surface area contributed by atoms with Gasteiger partial charge in [0.1, 0.15) is 0 Å². The predicted octanol–water partition coefficient (Wildman–Crippen LogP) is 5.15. The van der Waals surface area contributed by atoms with E-state index in [0.29, 0.717) is 26.4 Å². The molecule has 176 valence electrons. The highest BCUT2D eigenvalue weighted by Gasteiger charge is 2.12. The molecule has 3 N–H and O–H groups in total. The van der Waals surface area contributed by atoms with Crippen LogP contribution in [-0.4, -0.2) is 33.7 Å². The van der Waals surface area contributed by atoms with Gasteiger partial charge in [0.15, 0.2) is 4.34 Å². The lowest BCUT2D eigenvalue weighted by Gasteiger charge is -2.07. The second kappa shape index (κ2) is 11.4. The van der Waals surface area contributed by atoms with Crippen LogP contribution in [0.3, 0.4) is 0 Å². The van der Waals surface area contributed by atoms with Gasteiger partial charge in [0.05, 0.1) is 5.75 Å². The number of nitrogens with zero attached hydrogens (tertiary/aromatic N) is 2. The van der Waals surface area contributed by atoms with E-state index in [4.69, 9.17) is 0 Å². The lowest BCUT2D eigenvalue weighted by Crippen LogP contribution is -2.14. The molecule has 3 amide bonds. The number of amides is 3. The SMILES string of the molecule is CC(=O)Nc1cccc(NC(=O)CSc2nnc(NC(=O)c3ccc(-c4ccccc4)cc3)s2)c1. The number of thioether (sulfide) groups is 1. The first-order valence-electron chi connectivity index (χ1n) is 10.6. The van der Waals surface area contributed by atoms with Crippen LogP contribution < -0.4 is 16.0 Å². The maximum absolute atomic E-state index is 12.6. The monoisotopic (exact) mass is 503 g/mol. The Labute approximate surface area is 210 Å². The molecule has 0 bridgehead atoms. The third-order valence-electron chi connectivity index (χ3n) is 4.67. The molecule has 0 radical (unpaired) electrons. The summed E-state index contributed by atoms with van der Waals surface area (Å²) in [7, 11) is 0. The minimum absolute atomic E-state index is 0.119. The molecule has 0 fully saturated rings. The van der Waals surface area contributed by atoms with Crippen LogP contribution in [0.1, 0.15) is 17.3 Å². The summed E-state index contributed by atoms with van der Waals surface area (Å²) in [4.78, 5) is 36.0. The lowest BCUT2D eigenvalue weighted by molar-refractivity contribution is -0.114. The van der Waals surface area contributed by atoms with Crippen molar-refractivity contribution >= 4 is 57.3 Å². The molecule has 35 heavy (non-hydrogen) atoms. The van der Waals surface area contributed by atoms with Crippen molar-refractivity contribution in [2.24, 2.45) is 0 Å². The summed E-state index contributed by atoms with van der Waals surface area (Å²) >= 11 is 2.41. The van der Waals surface area contributed by atoms with E-state index in [-0.39, 0.29) is 23.5 Å². The Balaban J connectivity index is 1.28. The summed E-state index contributed by atoms with van der Waals surface area (Å²) in [5.41, 5.74) is 3.79. The van der Waals surface area contributed by atoms with Crippen LogP contribution in [0.25, 0.3) is 11.1 Å². The highest BCUT2D eigenvalue weighted by molar-refractivity contribution is 8.01. The molecule has 0 aliphatic carbocycles. The largest absolute Gasteiger partial charge is 0.326 e. The smallest absolute Gasteiger partial charge is 0.257 e. The van der Waals surface area contributed by atoms with Gasteiger partial charge in [-0.25, -0.2) is 0 Å². The van der Waals surface area contributed by atoms with Crippen LogP contribution in [0, 0.1) is 0 Å².